The Morgan fingerprint density at radius 1 is 1.25 bits per heavy atom. The molecule has 1 saturated carbocycles. The average molecular weight is 296 g/mol. The van der Waals surface area contributed by atoms with Gasteiger partial charge in [-0.25, -0.2) is 4.79 Å². The van der Waals surface area contributed by atoms with Crippen LogP contribution in [0.5, 0.6) is 0 Å². The van der Waals surface area contributed by atoms with Crippen LogP contribution >= 0.6 is 11.6 Å². The van der Waals surface area contributed by atoms with Crippen molar-refractivity contribution in [3.63, 3.8) is 0 Å². The Morgan fingerprint density at radius 3 is 2.40 bits per heavy atom. The highest BCUT2D eigenvalue weighted by atomic mass is 35.5. The van der Waals surface area contributed by atoms with Gasteiger partial charge in [0.25, 0.3) is 0 Å². The summed E-state index contributed by atoms with van der Waals surface area (Å²) < 4.78 is 0. The first-order valence-corrected chi connectivity index (χ1v) is 7.68. The Hall–Kier alpha value is -1.06. The maximum absolute atomic E-state index is 11.8. The van der Waals surface area contributed by atoms with Crippen LogP contribution < -0.4 is 5.32 Å². The van der Waals surface area contributed by atoms with Crippen LogP contribution in [-0.4, -0.2) is 17.1 Å². The molecule has 0 radical (unpaired) electrons. The molecule has 4 heteroatoms. The maximum atomic E-state index is 11.8. The predicted molar refractivity (Wildman–Crippen MR) is 81.1 cm³/mol. The molecule has 1 atom stereocenters. The Kier molecular flexibility index (Phi) is 5.06. The van der Waals surface area contributed by atoms with Crippen LogP contribution in [-0.2, 0) is 10.3 Å². The van der Waals surface area contributed by atoms with Crippen molar-refractivity contribution in [1.82, 2.24) is 5.32 Å². The van der Waals surface area contributed by atoms with Crippen molar-refractivity contribution in [1.29, 1.82) is 0 Å². The summed E-state index contributed by atoms with van der Waals surface area (Å²) in [4.78, 5) is 11.8. The minimum absolute atomic E-state index is 0.245. The van der Waals surface area contributed by atoms with Crippen molar-refractivity contribution in [3.8, 4) is 0 Å². The molecular formula is C16H22ClNO2. The molecule has 0 saturated heterocycles. The van der Waals surface area contributed by atoms with Crippen LogP contribution in [0.15, 0.2) is 24.3 Å². The second-order valence-electron chi connectivity index (χ2n) is 5.74. The van der Waals surface area contributed by atoms with Gasteiger partial charge >= 0.3 is 5.97 Å². The third-order valence-electron chi connectivity index (χ3n) is 4.19. The molecule has 1 aromatic rings. The molecular weight excluding hydrogens is 274 g/mol. The lowest BCUT2D eigenvalue weighted by Gasteiger charge is -2.32. The lowest BCUT2D eigenvalue weighted by atomic mass is 9.90. The van der Waals surface area contributed by atoms with Crippen LogP contribution in [0, 0.1) is 0 Å². The Labute approximate surface area is 125 Å². The van der Waals surface area contributed by atoms with E-state index < -0.39 is 11.5 Å². The number of carbonyl (C=O) groups is 1. The molecule has 2 rings (SSSR count). The molecule has 0 amide bonds. The quantitative estimate of drug-likeness (QED) is 0.827. The van der Waals surface area contributed by atoms with E-state index in [1.165, 1.54) is 12.8 Å². The normalized spacial score (nSPS) is 20.1. The van der Waals surface area contributed by atoms with E-state index in [4.69, 9.17) is 11.6 Å². The highest BCUT2D eigenvalue weighted by molar-refractivity contribution is 6.31. The molecule has 0 aliphatic heterocycles. The first kappa shape index (κ1) is 15.3. The van der Waals surface area contributed by atoms with Gasteiger partial charge in [0, 0.05) is 16.6 Å². The van der Waals surface area contributed by atoms with Gasteiger partial charge in [-0.15, -0.1) is 0 Å². The number of carboxylic acid groups (broad SMARTS) is 1. The molecule has 1 unspecified atom stereocenters. The summed E-state index contributed by atoms with van der Waals surface area (Å²) in [5.41, 5.74) is -0.494. The molecule has 1 aromatic carbocycles. The third kappa shape index (κ3) is 3.33. The fourth-order valence-electron chi connectivity index (χ4n) is 2.95. The van der Waals surface area contributed by atoms with E-state index in [2.05, 4.69) is 5.32 Å². The Bertz CT molecular complexity index is 469. The van der Waals surface area contributed by atoms with Gasteiger partial charge in [-0.3, -0.25) is 5.32 Å². The summed E-state index contributed by atoms with van der Waals surface area (Å²) in [5, 5.41) is 13.5. The van der Waals surface area contributed by atoms with Gasteiger partial charge in [0.15, 0.2) is 0 Å². The minimum atomic E-state index is -1.13. The second-order valence-corrected chi connectivity index (χ2v) is 6.15. The fourth-order valence-corrected chi connectivity index (χ4v) is 3.28. The highest BCUT2D eigenvalue weighted by Gasteiger charge is 2.38. The number of aliphatic carboxylic acids is 1. The van der Waals surface area contributed by atoms with Crippen LogP contribution in [0.4, 0.5) is 0 Å². The number of rotatable bonds is 4. The zero-order valence-electron chi connectivity index (χ0n) is 11.9. The zero-order chi connectivity index (χ0) is 14.6. The topological polar surface area (TPSA) is 49.3 Å². The van der Waals surface area contributed by atoms with Crippen molar-refractivity contribution < 1.29 is 9.90 Å². The number of hydrogen-bond donors (Lipinski definition) is 2. The smallest absolute Gasteiger partial charge is 0.328 e. The van der Waals surface area contributed by atoms with E-state index in [0.717, 1.165) is 25.7 Å². The van der Waals surface area contributed by atoms with Gasteiger partial charge in [-0.1, -0.05) is 55.5 Å². The van der Waals surface area contributed by atoms with Gasteiger partial charge < -0.3 is 5.11 Å². The van der Waals surface area contributed by atoms with Crippen LogP contribution in [0.1, 0.15) is 51.0 Å². The van der Waals surface area contributed by atoms with Crippen molar-refractivity contribution >= 4 is 17.6 Å². The molecule has 0 spiro atoms. The maximum Gasteiger partial charge on any atom is 0.328 e. The number of halogens is 1. The molecule has 3 nitrogen and oxygen atoms in total. The van der Waals surface area contributed by atoms with E-state index in [9.17, 15) is 9.90 Å². The standard InChI is InChI=1S/C16H22ClNO2/c1-16(15(19)20,13-10-6-7-11-14(13)17)18-12-8-4-2-3-5-9-12/h6-7,10-12,18H,2-5,8-9H2,1H3,(H,19,20). The molecule has 1 aliphatic carbocycles. The first-order valence-electron chi connectivity index (χ1n) is 7.30. The van der Waals surface area contributed by atoms with Crippen LogP contribution in [0.2, 0.25) is 5.02 Å². The van der Waals surface area contributed by atoms with E-state index in [1.54, 1.807) is 19.1 Å². The highest BCUT2D eigenvalue weighted by Crippen LogP contribution is 2.30. The predicted octanol–water partition coefficient (Wildman–Crippen LogP) is 3.95. The lowest BCUT2D eigenvalue weighted by molar-refractivity contribution is -0.145. The molecule has 20 heavy (non-hydrogen) atoms. The lowest BCUT2D eigenvalue weighted by Crippen LogP contribution is -2.51. The summed E-state index contributed by atoms with van der Waals surface area (Å²) in [5.74, 6) is -0.880. The summed E-state index contributed by atoms with van der Waals surface area (Å²) in [6, 6.07) is 7.43. The zero-order valence-corrected chi connectivity index (χ0v) is 12.6. The van der Waals surface area contributed by atoms with Gasteiger partial charge in [-0.2, -0.15) is 0 Å². The van der Waals surface area contributed by atoms with Crippen molar-refractivity contribution in [2.75, 3.05) is 0 Å². The average Bonchev–Trinajstić information content (AvgIpc) is 2.67. The van der Waals surface area contributed by atoms with Crippen molar-refractivity contribution in [2.45, 2.75) is 57.0 Å². The van der Waals surface area contributed by atoms with Gasteiger partial charge in [0.1, 0.15) is 5.54 Å². The SMILES string of the molecule is CC(NC1CCCCCC1)(C(=O)O)c1ccccc1Cl. The van der Waals surface area contributed by atoms with Gasteiger partial charge in [0.2, 0.25) is 0 Å². The monoisotopic (exact) mass is 295 g/mol. The summed E-state index contributed by atoms with van der Waals surface area (Å²) >= 11 is 6.20. The van der Waals surface area contributed by atoms with Gasteiger partial charge in [0.05, 0.1) is 0 Å². The van der Waals surface area contributed by atoms with Crippen molar-refractivity contribution in [3.05, 3.63) is 34.9 Å². The number of benzene rings is 1. The molecule has 0 aromatic heterocycles. The van der Waals surface area contributed by atoms with E-state index in [1.807, 2.05) is 12.1 Å². The second kappa shape index (κ2) is 6.59. The van der Waals surface area contributed by atoms with Crippen molar-refractivity contribution in [2.24, 2.45) is 0 Å². The fraction of sp³-hybridized carbons (Fsp3) is 0.562. The summed E-state index contributed by atoms with van der Waals surface area (Å²) in [6.07, 6.45) is 6.88. The van der Waals surface area contributed by atoms with E-state index >= 15 is 0 Å². The number of carboxylic acids is 1. The number of hydrogen-bond acceptors (Lipinski definition) is 2. The van der Waals surface area contributed by atoms with E-state index in [-0.39, 0.29) is 6.04 Å². The molecule has 0 heterocycles. The molecule has 2 N–H and O–H groups in total. The van der Waals surface area contributed by atoms with Crippen LogP contribution in [0.25, 0.3) is 0 Å². The minimum Gasteiger partial charge on any atom is -0.480 e. The Morgan fingerprint density at radius 2 is 1.85 bits per heavy atom. The molecule has 110 valence electrons. The van der Waals surface area contributed by atoms with E-state index in [0.29, 0.717) is 10.6 Å². The number of nitrogens with one attached hydrogen (secondary N) is 1. The summed E-state index contributed by atoms with van der Waals surface area (Å²) in [6.45, 7) is 1.71. The van der Waals surface area contributed by atoms with Crippen LogP contribution in [0.3, 0.4) is 0 Å². The largest absolute Gasteiger partial charge is 0.480 e. The Balaban J connectivity index is 2.25. The molecule has 1 aliphatic rings. The van der Waals surface area contributed by atoms with Gasteiger partial charge in [-0.05, 0) is 25.8 Å². The molecule has 1 fully saturated rings. The summed E-state index contributed by atoms with van der Waals surface area (Å²) in [7, 11) is 0. The first-order chi connectivity index (χ1) is 9.54. The third-order valence-corrected chi connectivity index (χ3v) is 4.52. The molecule has 0 bridgehead atoms.